The van der Waals surface area contributed by atoms with Crippen LogP contribution < -0.4 is 25.6 Å². The average Bonchev–Trinajstić information content (AvgIpc) is 3.11. The van der Waals surface area contributed by atoms with Gasteiger partial charge in [0.25, 0.3) is 5.91 Å². The van der Waals surface area contributed by atoms with E-state index < -0.39 is 6.10 Å². The van der Waals surface area contributed by atoms with Gasteiger partial charge in [-0.25, -0.2) is 0 Å². The van der Waals surface area contributed by atoms with Crippen LogP contribution in [-0.4, -0.2) is 23.7 Å². The predicted octanol–water partition coefficient (Wildman–Crippen LogP) is 1.11. The SMILES string of the molecule is O=C(NNC(=S)NCc1ccco1)[C@H]1COc2ccccc2O1. The molecule has 120 valence electrons. The van der Waals surface area contributed by atoms with Crippen molar-refractivity contribution in [1.82, 2.24) is 16.2 Å². The van der Waals surface area contributed by atoms with Gasteiger partial charge < -0.3 is 19.2 Å². The minimum absolute atomic E-state index is 0.136. The zero-order valence-electron chi connectivity index (χ0n) is 12.1. The summed E-state index contributed by atoms with van der Waals surface area (Å²) in [6, 6.07) is 10.8. The van der Waals surface area contributed by atoms with E-state index in [1.165, 1.54) is 0 Å². The highest BCUT2D eigenvalue weighted by Gasteiger charge is 2.27. The molecule has 0 spiro atoms. The van der Waals surface area contributed by atoms with Crippen molar-refractivity contribution in [3.63, 3.8) is 0 Å². The lowest BCUT2D eigenvalue weighted by Crippen LogP contribution is -2.53. The number of benzene rings is 1. The Morgan fingerprint density at radius 3 is 2.78 bits per heavy atom. The summed E-state index contributed by atoms with van der Waals surface area (Å²) in [5, 5.41) is 3.17. The van der Waals surface area contributed by atoms with Crippen LogP contribution in [0.4, 0.5) is 0 Å². The molecule has 2 aromatic rings. The number of carbonyl (C=O) groups excluding carboxylic acids is 1. The lowest BCUT2D eigenvalue weighted by atomic mass is 10.2. The van der Waals surface area contributed by atoms with Crippen molar-refractivity contribution < 1.29 is 18.7 Å². The predicted molar refractivity (Wildman–Crippen MR) is 85.8 cm³/mol. The molecule has 0 bridgehead atoms. The third-order valence-corrected chi connectivity index (χ3v) is 3.35. The van der Waals surface area contributed by atoms with Crippen molar-refractivity contribution in [2.24, 2.45) is 0 Å². The third kappa shape index (κ3) is 3.92. The first-order valence-corrected chi connectivity index (χ1v) is 7.38. The summed E-state index contributed by atoms with van der Waals surface area (Å²) < 4.78 is 16.2. The fraction of sp³-hybridized carbons (Fsp3) is 0.200. The highest BCUT2D eigenvalue weighted by Crippen LogP contribution is 2.30. The molecule has 0 radical (unpaired) electrons. The van der Waals surface area contributed by atoms with Gasteiger partial charge in [0.15, 0.2) is 16.6 Å². The molecule has 8 heteroatoms. The van der Waals surface area contributed by atoms with Gasteiger partial charge in [0.2, 0.25) is 6.10 Å². The number of hydrogen-bond donors (Lipinski definition) is 3. The Morgan fingerprint density at radius 2 is 2.00 bits per heavy atom. The minimum Gasteiger partial charge on any atom is -0.485 e. The number of amides is 1. The fourth-order valence-corrected chi connectivity index (χ4v) is 2.10. The highest BCUT2D eigenvalue weighted by atomic mass is 32.1. The van der Waals surface area contributed by atoms with Gasteiger partial charge in [0, 0.05) is 0 Å². The number of rotatable bonds is 3. The first-order chi connectivity index (χ1) is 11.2. The molecule has 3 rings (SSSR count). The van der Waals surface area contributed by atoms with Gasteiger partial charge in [-0.1, -0.05) is 12.1 Å². The van der Waals surface area contributed by atoms with Crippen LogP contribution in [-0.2, 0) is 11.3 Å². The second-order valence-electron chi connectivity index (χ2n) is 4.74. The van der Waals surface area contributed by atoms with E-state index in [0.717, 1.165) is 5.76 Å². The lowest BCUT2D eigenvalue weighted by molar-refractivity contribution is -0.130. The molecule has 0 aliphatic carbocycles. The summed E-state index contributed by atoms with van der Waals surface area (Å²) in [7, 11) is 0. The van der Waals surface area contributed by atoms with Crippen LogP contribution in [0.5, 0.6) is 11.5 Å². The van der Waals surface area contributed by atoms with Gasteiger partial charge >= 0.3 is 0 Å². The van der Waals surface area contributed by atoms with E-state index in [-0.39, 0.29) is 17.6 Å². The number of para-hydroxylation sites is 2. The van der Waals surface area contributed by atoms with Gasteiger partial charge in [-0.3, -0.25) is 15.6 Å². The van der Waals surface area contributed by atoms with Crippen LogP contribution in [0, 0.1) is 0 Å². The van der Waals surface area contributed by atoms with E-state index in [2.05, 4.69) is 16.2 Å². The molecular weight excluding hydrogens is 318 g/mol. The molecule has 0 unspecified atom stereocenters. The fourth-order valence-electron chi connectivity index (χ4n) is 1.97. The van der Waals surface area contributed by atoms with Crippen LogP contribution >= 0.6 is 12.2 Å². The molecule has 1 aliphatic rings. The van der Waals surface area contributed by atoms with Crippen molar-refractivity contribution in [2.45, 2.75) is 12.6 Å². The van der Waals surface area contributed by atoms with E-state index in [4.69, 9.17) is 26.1 Å². The Bertz CT molecular complexity index is 690. The topological polar surface area (TPSA) is 84.8 Å². The number of thiocarbonyl (C=S) groups is 1. The molecule has 23 heavy (non-hydrogen) atoms. The van der Waals surface area contributed by atoms with E-state index in [9.17, 15) is 4.79 Å². The minimum atomic E-state index is -0.745. The second kappa shape index (κ2) is 7.01. The van der Waals surface area contributed by atoms with E-state index in [0.29, 0.717) is 18.0 Å². The summed E-state index contributed by atoms with van der Waals surface area (Å²) in [6.07, 6.45) is 0.832. The van der Waals surface area contributed by atoms with Crippen LogP contribution in [0.25, 0.3) is 0 Å². The molecule has 1 aromatic heterocycles. The lowest BCUT2D eigenvalue weighted by Gasteiger charge is -2.25. The molecule has 0 saturated heterocycles. The molecule has 1 aliphatic heterocycles. The molecule has 0 fully saturated rings. The van der Waals surface area contributed by atoms with Crippen molar-refractivity contribution in [1.29, 1.82) is 0 Å². The first-order valence-electron chi connectivity index (χ1n) is 6.97. The Hall–Kier alpha value is -2.74. The molecule has 1 atom stereocenters. The quantitative estimate of drug-likeness (QED) is 0.573. The summed E-state index contributed by atoms with van der Waals surface area (Å²) in [5.74, 6) is 1.53. The summed E-state index contributed by atoms with van der Waals surface area (Å²) >= 11 is 5.06. The van der Waals surface area contributed by atoms with Crippen LogP contribution in [0.1, 0.15) is 5.76 Å². The molecule has 0 saturated carbocycles. The Morgan fingerprint density at radius 1 is 1.17 bits per heavy atom. The molecule has 1 amide bonds. The maximum absolute atomic E-state index is 12.1. The average molecular weight is 333 g/mol. The van der Waals surface area contributed by atoms with Gasteiger partial charge in [0.1, 0.15) is 12.4 Å². The molecule has 3 N–H and O–H groups in total. The third-order valence-electron chi connectivity index (χ3n) is 3.10. The number of fused-ring (bicyclic) bond motifs is 1. The maximum Gasteiger partial charge on any atom is 0.283 e. The normalized spacial score (nSPS) is 15.6. The number of carbonyl (C=O) groups is 1. The zero-order valence-corrected chi connectivity index (χ0v) is 12.9. The summed E-state index contributed by atoms with van der Waals surface area (Å²) in [5.41, 5.74) is 5.09. The standard InChI is InChI=1S/C15H15N3O4S/c19-14(13-9-21-11-5-1-2-6-12(11)22-13)17-18-15(23)16-8-10-4-3-7-20-10/h1-7,13H,8-9H2,(H,17,19)(H2,16,18,23)/t13-/m1/s1. The van der Waals surface area contributed by atoms with Crippen molar-refractivity contribution >= 4 is 23.2 Å². The van der Waals surface area contributed by atoms with Gasteiger partial charge in [-0.15, -0.1) is 0 Å². The van der Waals surface area contributed by atoms with Gasteiger partial charge in [-0.2, -0.15) is 0 Å². The second-order valence-corrected chi connectivity index (χ2v) is 5.15. The monoisotopic (exact) mass is 333 g/mol. The van der Waals surface area contributed by atoms with Crippen molar-refractivity contribution in [3.8, 4) is 11.5 Å². The van der Waals surface area contributed by atoms with E-state index in [1.54, 1.807) is 24.5 Å². The molecule has 7 nitrogen and oxygen atoms in total. The maximum atomic E-state index is 12.1. The first kappa shape index (κ1) is 15.2. The van der Waals surface area contributed by atoms with Gasteiger partial charge in [0.05, 0.1) is 12.8 Å². The number of hydrogen-bond acceptors (Lipinski definition) is 5. The van der Waals surface area contributed by atoms with Crippen LogP contribution in [0.2, 0.25) is 0 Å². The largest absolute Gasteiger partial charge is 0.485 e. The molecular formula is C15H15N3O4S. The highest BCUT2D eigenvalue weighted by molar-refractivity contribution is 7.80. The Labute approximate surface area is 137 Å². The number of furan rings is 1. The van der Waals surface area contributed by atoms with E-state index >= 15 is 0 Å². The Balaban J connectivity index is 1.44. The summed E-state index contributed by atoms with van der Waals surface area (Å²) in [4.78, 5) is 12.1. The summed E-state index contributed by atoms with van der Waals surface area (Å²) in [6.45, 7) is 0.558. The Kier molecular flexibility index (Phi) is 4.62. The van der Waals surface area contributed by atoms with Crippen LogP contribution in [0.3, 0.4) is 0 Å². The molecule has 1 aromatic carbocycles. The number of nitrogens with one attached hydrogen (secondary N) is 3. The smallest absolute Gasteiger partial charge is 0.283 e. The van der Waals surface area contributed by atoms with E-state index in [1.807, 2.05) is 18.2 Å². The van der Waals surface area contributed by atoms with Crippen molar-refractivity contribution in [2.75, 3.05) is 6.61 Å². The number of hydrazine groups is 1. The zero-order chi connectivity index (χ0) is 16.1. The van der Waals surface area contributed by atoms with Crippen molar-refractivity contribution in [3.05, 3.63) is 48.4 Å². The van der Waals surface area contributed by atoms with Gasteiger partial charge in [-0.05, 0) is 36.5 Å². The molecule has 2 heterocycles. The van der Waals surface area contributed by atoms with Crippen LogP contribution in [0.15, 0.2) is 47.1 Å². The number of ether oxygens (including phenoxy) is 2.